The van der Waals surface area contributed by atoms with E-state index in [9.17, 15) is 18.0 Å². The van der Waals surface area contributed by atoms with Crippen molar-refractivity contribution in [3.8, 4) is 0 Å². The van der Waals surface area contributed by atoms with Crippen molar-refractivity contribution in [3.05, 3.63) is 41.4 Å². The molecule has 3 aliphatic rings. The number of likely N-dealkylation sites (tertiary alicyclic amines) is 2. The second-order valence-electron chi connectivity index (χ2n) is 9.15. The number of rotatable bonds is 5. The second-order valence-corrected chi connectivity index (χ2v) is 11.3. The van der Waals surface area contributed by atoms with Crippen LogP contribution in [0.2, 0.25) is 5.02 Å². The molecule has 4 atom stereocenters. The first-order chi connectivity index (χ1) is 15.2. The number of amides is 2. The highest BCUT2D eigenvalue weighted by molar-refractivity contribution is 7.89. The standard InChI is InChI=1S/C23H26ClN3O4S/c1-14(22(28)27-13-15-2-6-19(27)10-15)26-9-8-21(23(26)29)25-32(30,31)20-7-4-16-11-18(24)5-3-17(16)12-20/h3-5,7,11-12,14-15,19,21,25H,2,6,8-10,13H2,1H3/t14-,15?,19?,21?/m0/s1. The Morgan fingerprint density at radius 3 is 2.59 bits per heavy atom. The summed E-state index contributed by atoms with van der Waals surface area (Å²) in [5.74, 6) is 0.219. The smallest absolute Gasteiger partial charge is 0.245 e. The molecular weight excluding hydrogens is 450 g/mol. The largest absolute Gasteiger partial charge is 0.338 e. The van der Waals surface area contributed by atoms with Crippen LogP contribution in [0.3, 0.4) is 0 Å². The van der Waals surface area contributed by atoms with Crippen molar-refractivity contribution in [2.75, 3.05) is 13.1 Å². The topological polar surface area (TPSA) is 86.8 Å². The zero-order chi connectivity index (χ0) is 22.6. The summed E-state index contributed by atoms with van der Waals surface area (Å²) in [5, 5.41) is 2.16. The summed E-state index contributed by atoms with van der Waals surface area (Å²) in [6.07, 6.45) is 3.62. The van der Waals surface area contributed by atoms with E-state index in [1.54, 1.807) is 37.3 Å². The average molecular weight is 476 g/mol. The second kappa shape index (κ2) is 8.01. The fraction of sp³-hybridized carbons (Fsp3) is 0.478. The minimum atomic E-state index is -3.90. The third-order valence-corrected chi connectivity index (χ3v) is 8.84. The number of carbonyl (C=O) groups is 2. The monoisotopic (exact) mass is 475 g/mol. The van der Waals surface area contributed by atoms with Gasteiger partial charge in [0.2, 0.25) is 21.8 Å². The lowest BCUT2D eigenvalue weighted by molar-refractivity contribution is -0.144. The van der Waals surface area contributed by atoms with Gasteiger partial charge in [-0.1, -0.05) is 23.7 Å². The Bertz CT molecular complexity index is 1200. The molecule has 2 amide bonds. The van der Waals surface area contributed by atoms with Crippen molar-refractivity contribution in [1.29, 1.82) is 0 Å². The number of nitrogens with one attached hydrogen (secondary N) is 1. The number of carbonyl (C=O) groups excluding carboxylic acids is 2. The Balaban J connectivity index is 1.28. The van der Waals surface area contributed by atoms with E-state index in [1.165, 1.54) is 17.4 Å². The van der Waals surface area contributed by atoms with Gasteiger partial charge in [-0.3, -0.25) is 9.59 Å². The summed E-state index contributed by atoms with van der Waals surface area (Å²) in [4.78, 5) is 29.5. The van der Waals surface area contributed by atoms with E-state index in [0.717, 1.165) is 30.2 Å². The molecular formula is C23H26ClN3O4S. The number of hydrogen-bond donors (Lipinski definition) is 1. The highest BCUT2D eigenvalue weighted by Crippen LogP contribution is 2.38. The van der Waals surface area contributed by atoms with Crippen LogP contribution in [0.1, 0.15) is 32.6 Å². The van der Waals surface area contributed by atoms with Gasteiger partial charge in [0.25, 0.3) is 0 Å². The molecule has 2 aromatic rings. The minimum absolute atomic E-state index is 0.0257. The maximum Gasteiger partial charge on any atom is 0.245 e. The van der Waals surface area contributed by atoms with Crippen LogP contribution >= 0.6 is 11.6 Å². The van der Waals surface area contributed by atoms with Crippen molar-refractivity contribution in [3.63, 3.8) is 0 Å². The molecule has 32 heavy (non-hydrogen) atoms. The normalized spacial score (nSPS) is 26.3. The Kier molecular flexibility index (Phi) is 5.42. The highest BCUT2D eigenvalue weighted by Gasteiger charge is 2.45. The SMILES string of the molecule is C[C@@H](C(=O)N1CC2CCC1C2)N1CCC(NS(=O)(=O)c2ccc3cc(Cl)ccc3c2)C1=O. The predicted octanol–water partition coefficient (Wildman–Crippen LogP) is 2.77. The van der Waals surface area contributed by atoms with E-state index in [0.29, 0.717) is 29.9 Å². The first-order valence-electron chi connectivity index (χ1n) is 11.1. The summed E-state index contributed by atoms with van der Waals surface area (Å²) in [7, 11) is -3.90. The highest BCUT2D eigenvalue weighted by atomic mass is 35.5. The predicted molar refractivity (Wildman–Crippen MR) is 122 cm³/mol. The minimum Gasteiger partial charge on any atom is -0.338 e. The molecule has 2 aliphatic heterocycles. The number of fused-ring (bicyclic) bond motifs is 3. The zero-order valence-electron chi connectivity index (χ0n) is 17.8. The molecule has 170 valence electrons. The van der Waals surface area contributed by atoms with Crippen LogP contribution < -0.4 is 4.72 Å². The van der Waals surface area contributed by atoms with Crippen LogP contribution in [0.15, 0.2) is 41.3 Å². The summed E-state index contributed by atoms with van der Waals surface area (Å²) < 4.78 is 28.5. The van der Waals surface area contributed by atoms with Gasteiger partial charge in [-0.05, 0) is 73.6 Å². The van der Waals surface area contributed by atoms with Crippen LogP contribution in [0.5, 0.6) is 0 Å². The van der Waals surface area contributed by atoms with Gasteiger partial charge in [0.15, 0.2) is 0 Å². The fourth-order valence-electron chi connectivity index (χ4n) is 5.38. The first-order valence-corrected chi connectivity index (χ1v) is 12.9. The molecule has 0 aromatic heterocycles. The number of halogens is 1. The molecule has 3 unspecified atom stereocenters. The molecule has 1 aliphatic carbocycles. The molecule has 0 spiro atoms. The van der Waals surface area contributed by atoms with E-state index in [1.807, 2.05) is 4.90 Å². The van der Waals surface area contributed by atoms with E-state index in [2.05, 4.69) is 4.72 Å². The Morgan fingerprint density at radius 2 is 1.88 bits per heavy atom. The fourth-order valence-corrected chi connectivity index (χ4v) is 6.82. The van der Waals surface area contributed by atoms with Crippen molar-refractivity contribution in [2.45, 2.75) is 55.6 Å². The maximum atomic E-state index is 13.0. The van der Waals surface area contributed by atoms with Gasteiger partial charge in [-0.2, -0.15) is 4.72 Å². The van der Waals surface area contributed by atoms with Gasteiger partial charge >= 0.3 is 0 Å². The molecule has 2 aromatic carbocycles. The summed E-state index contributed by atoms with van der Waals surface area (Å²) in [5.41, 5.74) is 0. The Morgan fingerprint density at radius 1 is 1.12 bits per heavy atom. The van der Waals surface area contributed by atoms with Crippen LogP contribution in [0.4, 0.5) is 0 Å². The number of nitrogens with zero attached hydrogens (tertiary/aromatic N) is 2. The van der Waals surface area contributed by atoms with E-state index in [4.69, 9.17) is 11.6 Å². The van der Waals surface area contributed by atoms with Gasteiger partial charge in [0.05, 0.1) is 4.90 Å². The van der Waals surface area contributed by atoms with Crippen molar-refractivity contribution < 1.29 is 18.0 Å². The zero-order valence-corrected chi connectivity index (χ0v) is 19.4. The van der Waals surface area contributed by atoms with Crippen LogP contribution in [-0.4, -0.2) is 61.2 Å². The number of benzene rings is 2. The van der Waals surface area contributed by atoms with Crippen molar-refractivity contribution >= 4 is 44.2 Å². The molecule has 1 N–H and O–H groups in total. The van der Waals surface area contributed by atoms with Gasteiger partial charge in [-0.25, -0.2) is 8.42 Å². The number of piperidine rings is 1. The quantitative estimate of drug-likeness (QED) is 0.720. The van der Waals surface area contributed by atoms with Crippen molar-refractivity contribution in [1.82, 2.24) is 14.5 Å². The third-order valence-electron chi connectivity index (χ3n) is 7.14. The lowest BCUT2D eigenvalue weighted by Crippen LogP contribution is -2.51. The molecule has 0 radical (unpaired) electrons. The molecule has 2 saturated heterocycles. The molecule has 2 bridgehead atoms. The lowest BCUT2D eigenvalue weighted by Gasteiger charge is -2.33. The number of sulfonamides is 1. The van der Waals surface area contributed by atoms with Crippen LogP contribution in [0, 0.1) is 5.92 Å². The summed E-state index contributed by atoms with van der Waals surface area (Å²) in [6, 6.07) is 8.85. The molecule has 3 fully saturated rings. The van der Waals surface area contributed by atoms with Crippen LogP contribution in [-0.2, 0) is 19.6 Å². The van der Waals surface area contributed by atoms with E-state index in [-0.39, 0.29) is 16.7 Å². The lowest BCUT2D eigenvalue weighted by atomic mass is 10.1. The number of hydrogen-bond acceptors (Lipinski definition) is 4. The van der Waals surface area contributed by atoms with Gasteiger partial charge < -0.3 is 9.80 Å². The van der Waals surface area contributed by atoms with Gasteiger partial charge in [0, 0.05) is 24.2 Å². The van der Waals surface area contributed by atoms with Gasteiger partial charge in [-0.15, -0.1) is 0 Å². The summed E-state index contributed by atoms with van der Waals surface area (Å²) >= 11 is 6.00. The Hall–Kier alpha value is -2.16. The van der Waals surface area contributed by atoms with Crippen molar-refractivity contribution in [2.24, 2.45) is 5.92 Å². The summed E-state index contributed by atoms with van der Waals surface area (Å²) in [6.45, 7) is 2.88. The molecule has 1 saturated carbocycles. The average Bonchev–Trinajstić information content (AvgIpc) is 3.49. The molecule has 9 heteroatoms. The molecule has 7 nitrogen and oxygen atoms in total. The van der Waals surface area contributed by atoms with E-state index >= 15 is 0 Å². The Labute approximate surface area is 192 Å². The van der Waals surface area contributed by atoms with Gasteiger partial charge in [0.1, 0.15) is 12.1 Å². The molecule has 2 heterocycles. The molecule has 5 rings (SSSR count). The van der Waals surface area contributed by atoms with Crippen LogP contribution in [0.25, 0.3) is 10.8 Å². The third kappa shape index (κ3) is 3.78. The maximum absolute atomic E-state index is 13.0. The first kappa shape index (κ1) is 21.7. The van der Waals surface area contributed by atoms with E-state index < -0.39 is 22.1 Å².